The van der Waals surface area contributed by atoms with Gasteiger partial charge in [-0.1, -0.05) is 24.6 Å². The molecule has 1 aliphatic rings. The molecule has 100 valence electrons. The first-order valence-corrected chi connectivity index (χ1v) is 7.03. The van der Waals surface area contributed by atoms with Gasteiger partial charge in [0.1, 0.15) is 11.4 Å². The van der Waals surface area contributed by atoms with Crippen molar-refractivity contribution >= 4 is 11.6 Å². The first kappa shape index (κ1) is 13.7. The van der Waals surface area contributed by atoms with Gasteiger partial charge in [-0.3, -0.25) is 0 Å². The van der Waals surface area contributed by atoms with Crippen molar-refractivity contribution in [3.63, 3.8) is 0 Å². The molecule has 18 heavy (non-hydrogen) atoms. The molecule has 0 amide bonds. The maximum Gasteiger partial charge on any atom is 0.143 e. The zero-order valence-corrected chi connectivity index (χ0v) is 12.4. The largest absolute Gasteiger partial charge is 0.486 e. The molecular weight excluding hydrogens is 246 g/mol. The quantitative estimate of drug-likeness (QED) is 0.884. The second-order valence-corrected chi connectivity index (χ2v) is 6.14. The summed E-state index contributed by atoms with van der Waals surface area (Å²) in [5.41, 5.74) is 2.22. The minimum absolute atomic E-state index is 0.169. The minimum atomic E-state index is -0.169. The molecule has 0 radical (unpaired) electrons. The predicted molar refractivity (Wildman–Crippen MR) is 76.5 cm³/mol. The second-order valence-electron chi connectivity index (χ2n) is 5.74. The Hall–Kier alpha value is -0.730. The van der Waals surface area contributed by atoms with Crippen LogP contribution in [0.2, 0.25) is 5.02 Å². The number of aryl methyl sites for hydroxylation is 1. The van der Waals surface area contributed by atoms with Crippen LogP contribution in [0.4, 0.5) is 0 Å². The Morgan fingerprint density at radius 1 is 1.44 bits per heavy atom. The van der Waals surface area contributed by atoms with Crippen molar-refractivity contribution in [1.82, 2.24) is 5.32 Å². The number of halogens is 1. The van der Waals surface area contributed by atoms with Crippen molar-refractivity contribution in [2.24, 2.45) is 0 Å². The number of ether oxygens (including phenoxy) is 1. The fraction of sp³-hybridized carbons (Fsp3) is 0.600. The first-order chi connectivity index (χ1) is 8.43. The van der Waals surface area contributed by atoms with E-state index < -0.39 is 0 Å². The van der Waals surface area contributed by atoms with E-state index in [1.807, 2.05) is 6.07 Å². The summed E-state index contributed by atoms with van der Waals surface area (Å²) in [7, 11) is 0. The Labute approximate surface area is 115 Å². The average molecular weight is 268 g/mol. The molecule has 2 nitrogen and oxygen atoms in total. The van der Waals surface area contributed by atoms with E-state index in [-0.39, 0.29) is 5.60 Å². The maximum absolute atomic E-state index is 6.32. The molecule has 0 spiro atoms. The van der Waals surface area contributed by atoms with E-state index in [0.717, 1.165) is 30.2 Å². The van der Waals surface area contributed by atoms with Crippen LogP contribution in [0.3, 0.4) is 0 Å². The monoisotopic (exact) mass is 267 g/mol. The number of fused-ring (bicyclic) bond motifs is 1. The first-order valence-electron chi connectivity index (χ1n) is 6.65. The summed E-state index contributed by atoms with van der Waals surface area (Å²) in [5.74, 6) is 0.854. The number of rotatable bonds is 3. The summed E-state index contributed by atoms with van der Waals surface area (Å²) in [6.07, 6.45) is 2.10. The summed E-state index contributed by atoms with van der Waals surface area (Å²) < 4.78 is 6.04. The highest BCUT2D eigenvalue weighted by molar-refractivity contribution is 6.32. The Morgan fingerprint density at radius 3 is 2.83 bits per heavy atom. The molecule has 1 aromatic rings. The van der Waals surface area contributed by atoms with Gasteiger partial charge < -0.3 is 10.1 Å². The van der Waals surface area contributed by atoms with Crippen molar-refractivity contribution in [2.45, 2.75) is 52.2 Å². The van der Waals surface area contributed by atoms with Gasteiger partial charge >= 0.3 is 0 Å². The summed E-state index contributed by atoms with van der Waals surface area (Å²) in [6, 6.07) is 4.49. The molecule has 0 saturated heterocycles. The minimum Gasteiger partial charge on any atom is -0.486 e. The standard InChI is InChI=1S/C15H22ClNO/c1-5-6-17-13-9-15(3,4)18-14-11(13)7-10(2)8-12(14)16/h7-8,13,17H,5-6,9H2,1-4H3. The second kappa shape index (κ2) is 5.10. The molecule has 1 unspecified atom stereocenters. The van der Waals surface area contributed by atoms with E-state index in [0.29, 0.717) is 6.04 Å². The molecule has 1 aliphatic heterocycles. The van der Waals surface area contributed by atoms with Crippen molar-refractivity contribution in [3.8, 4) is 5.75 Å². The van der Waals surface area contributed by atoms with E-state index in [9.17, 15) is 0 Å². The van der Waals surface area contributed by atoms with E-state index in [1.165, 1.54) is 11.1 Å². The fourth-order valence-electron chi connectivity index (χ4n) is 2.54. The Bertz CT molecular complexity index is 442. The molecule has 2 rings (SSSR count). The highest BCUT2D eigenvalue weighted by atomic mass is 35.5. The zero-order valence-electron chi connectivity index (χ0n) is 11.6. The molecule has 1 heterocycles. The Morgan fingerprint density at radius 2 is 2.17 bits per heavy atom. The maximum atomic E-state index is 6.32. The van der Waals surface area contributed by atoms with Crippen molar-refractivity contribution < 1.29 is 4.74 Å². The summed E-state index contributed by atoms with van der Waals surface area (Å²) in [5, 5.41) is 4.32. The van der Waals surface area contributed by atoms with Crippen LogP contribution in [-0.4, -0.2) is 12.1 Å². The van der Waals surface area contributed by atoms with Crippen LogP contribution in [-0.2, 0) is 0 Å². The summed E-state index contributed by atoms with van der Waals surface area (Å²) in [6.45, 7) is 9.51. The lowest BCUT2D eigenvalue weighted by atomic mass is 9.89. The van der Waals surface area contributed by atoms with E-state index >= 15 is 0 Å². The molecule has 0 fully saturated rings. The van der Waals surface area contributed by atoms with Crippen LogP contribution in [0, 0.1) is 6.92 Å². The van der Waals surface area contributed by atoms with Crippen LogP contribution in [0.15, 0.2) is 12.1 Å². The molecule has 1 N–H and O–H groups in total. The summed E-state index contributed by atoms with van der Waals surface area (Å²) >= 11 is 6.32. The van der Waals surface area contributed by atoms with Gasteiger partial charge in [0.15, 0.2) is 0 Å². The Balaban J connectivity index is 2.40. The lowest BCUT2D eigenvalue weighted by Gasteiger charge is -2.38. The van der Waals surface area contributed by atoms with E-state index in [2.05, 4.69) is 39.1 Å². The van der Waals surface area contributed by atoms with Crippen LogP contribution < -0.4 is 10.1 Å². The van der Waals surface area contributed by atoms with Gasteiger partial charge in [-0.2, -0.15) is 0 Å². The third-order valence-corrected chi connectivity index (χ3v) is 3.59. The topological polar surface area (TPSA) is 21.3 Å². The molecule has 0 bridgehead atoms. The number of benzene rings is 1. The van der Waals surface area contributed by atoms with Crippen molar-refractivity contribution in [3.05, 3.63) is 28.3 Å². The number of nitrogens with one attached hydrogen (secondary N) is 1. The fourth-order valence-corrected chi connectivity index (χ4v) is 2.86. The van der Waals surface area contributed by atoms with Gasteiger partial charge in [0.2, 0.25) is 0 Å². The third-order valence-electron chi connectivity index (χ3n) is 3.31. The molecule has 0 saturated carbocycles. The van der Waals surface area contributed by atoms with Crippen LogP contribution in [0.25, 0.3) is 0 Å². The van der Waals surface area contributed by atoms with Crippen LogP contribution >= 0.6 is 11.6 Å². The third kappa shape index (κ3) is 2.81. The predicted octanol–water partition coefficient (Wildman–Crippen LogP) is 4.25. The zero-order chi connectivity index (χ0) is 13.3. The van der Waals surface area contributed by atoms with Gasteiger partial charge in [0.05, 0.1) is 5.02 Å². The average Bonchev–Trinajstić information content (AvgIpc) is 2.27. The molecular formula is C15H22ClNO. The van der Waals surface area contributed by atoms with Gasteiger partial charge in [-0.05, 0) is 45.4 Å². The van der Waals surface area contributed by atoms with Crippen LogP contribution in [0.5, 0.6) is 5.75 Å². The highest BCUT2D eigenvalue weighted by Crippen LogP contribution is 2.43. The molecule has 1 aromatic carbocycles. The normalized spacial score (nSPS) is 21.3. The number of hydrogen-bond acceptors (Lipinski definition) is 2. The van der Waals surface area contributed by atoms with Gasteiger partial charge in [0.25, 0.3) is 0 Å². The lowest BCUT2D eigenvalue weighted by Crippen LogP contribution is -2.39. The van der Waals surface area contributed by atoms with E-state index in [4.69, 9.17) is 16.3 Å². The molecule has 1 atom stereocenters. The SMILES string of the molecule is CCCNC1CC(C)(C)Oc2c(Cl)cc(C)cc21. The Kier molecular flexibility index (Phi) is 3.88. The van der Waals surface area contributed by atoms with Crippen molar-refractivity contribution in [1.29, 1.82) is 0 Å². The number of hydrogen-bond donors (Lipinski definition) is 1. The van der Waals surface area contributed by atoms with E-state index in [1.54, 1.807) is 0 Å². The van der Waals surface area contributed by atoms with Crippen LogP contribution in [0.1, 0.15) is 50.8 Å². The molecule has 0 aromatic heterocycles. The van der Waals surface area contributed by atoms with Crippen molar-refractivity contribution in [2.75, 3.05) is 6.54 Å². The summed E-state index contributed by atoms with van der Waals surface area (Å²) in [4.78, 5) is 0. The smallest absolute Gasteiger partial charge is 0.143 e. The van der Waals surface area contributed by atoms with Gasteiger partial charge in [0, 0.05) is 18.0 Å². The highest BCUT2D eigenvalue weighted by Gasteiger charge is 2.34. The van der Waals surface area contributed by atoms with Gasteiger partial charge in [-0.15, -0.1) is 0 Å². The van der Waals surface area contributed by atoms with Gasteiger partial charge in [-0.25, -0.2) is 0 Å². The lowest BCUT2D eigenvalue weighted by molar-refractivity contribution is 0.0662. The molecule has 0 aliphatic carbocycles. The molecule has 3 heteroatoms.